The molecule has 0 fully saturated rings. The lowest BCUT2D eigenvalue weighted by Gasteiger charge is -2.28. The highest BCUT2D eigenvalue weighted by atomic mass is 79.9. The van der Waals surface area contributed by atoms with Crippen LogP contribution in [0.3, 0.4) is 0 Å². The van der Waals surface area contributed by atoms with Crippen LogP contribution in [-0.4, -0.2) is 36.2 Å². The zero-order valence-electron chi connectivity index (χ0n) is 17.4. The number of nitrogens with zero attached hydrogens (tertiary/aromatic N) is 3. The largest absolute Gasteiger partial charge is 0.497 e. The number of hydrazone groups is 1. The first-order valence-corrected chi connectivity index (χ1v) is 11.0. The van der Waals surface area contributed by atoms with E-state index >= 15 is 0 Å². The molecular formula is C25H20BrN3O3. The number of amides is 1. The summed E-state index contributed by atoms with van der Waals surface area (Å²) >= 11 is 3.49. The number of halogens is 1. The third-order valence-electron chi connectivity index (χ3n) is 5.84. The molecule has 2 heterocycles. The number of carbonyl (C=O) groups excluding carboxylic acids is 2. The lowest BCUT2D eigenvalue weighted by atomic mass is 9.98. The van der Waals surface area contributed by atoms with Crippen LogP contribution >= 0.6 is 15.9 Å². The van der Waals surface area contributed by atoms with Crippen LogP contribution in [0.2, 0.25) is 0 Å². The summed E-state index contributed by atoms with van der Waals surface area (Å²) in [5.41, 5.74) is 4.08. The minimum absolute atomic E-state index is 0.0594. The minimum Gasteiger partial charge on any atom is -0.497 e. The maximum atomic E-state index is 12.7. The van der Waals surface area contributed by atoms with Crippen LogP contribution < -0.4 is 9.64 Å². The van der Waals surface area contributed by atoms with Crippen LogP contribution in [0.5, 0.6) is 5.75 Å². The lowest BCUT2D eigenvalue weighted by Crippen LogP contribution is -2.39. The molecule has 6 nitrogen and oxygen atoms in total. The molecule has 0 radical (unpaired) electrons. The second-order valence-corrected chi connectivity index (χ2v) is 8.62. The molecule has 0 aliphatic carbocycles. The zero-order valence-corrected chi connectivity index (χ0v) is 19.0. The van der Waals surface area contributed by atoms with E-state index in [2.05, 4.69) is 28.1 Å². The molecule has 32 heavy (non-hydrogen) atoms. The first-order chi connectivity index (χ1) is 15.5. The molecule has 3 aromatic rings. The highest BCUT2D eigenvalue weighted by molar-refractivity contribution is 9.10. The molecular weight excluding hydrogens is 470 g/mol. The van der Waals surface area contributed by atoms with Crippen LogP contribution in [0.1, 0.15) is 33.9 Å². The van der Waals surface area contributed by atoms with Gasteiger partial charge >= 0.3 is 5.91 Å². The van der Waals surface area contributed by atoms with E-state index in [4.69, 9.17) is 9.84 Å². The van der Waals surface area contributed by atoms with Gasteiger partial charge in [0.15, 0.2) is 0 Å². The molecule has 0 unspecified atom stereocenters. The van der Waals surface area contributed by atoms with Crippen molar-refractivity contribution in [3.05, 3.63) is 94.0 Å². The molecule has 0 spiro atoms. The number of benzene rings is 3. The van der Waals surface area contributed by atoms with Crippen molar-refractivity contribution in [3.8, 4) is 5.75 Å². The average molecular weight is 490 g/mol. The van der Waals surface area contributed by atoms with Gasteiger partial charge in [-0.15, -0.1) is 0 Å². The number of methoxy groups -OCH3 is 1. The Morgan fingerprint density at radius 3 is 2.44 bits per heavy atom. The van der Waals surface area contributed by atoms with Gasteiger partial charge in [-0.1, -0.05) is 40.2 Å². The first-order valence-electron chi connectivity index (χ1n) is 10.2. The van der Waals surface area contributed by atoms with Crippen molar-refractivity contribution in [2.24, 2.45) is 5.10 Å². The average Bonchev–Trinajstić information content (AvgIpc) is 3.35. The van der Waals surface area contributed by atoms with Gasteiger partial charge in [0.1, 0.15) is 12.4 Å². The fourth-order valence-electron chi connectivity index (χ4n) is 4.15. The Balaban J connectivity index is 1.50. The van der Waals surface area contributed by atoms with E-state index in [0.717, 1.165) is 27.1 Å². The van der Waals surface area contributed by atoms with Gasteiger partial charge in [0.05, 0.1) is 30.1 Å². The Morgan fingerprint density at radius 1 is 1.00 bits per heavy atom. The van der Waals surface area contributed by atoms with E-state index in [1.807, 2.05) is 47.5 Å². The van der Waals surface area contributed by atoms with E-state index in [1.165, 1.54) is 4.90 Å². The fraction of sp³-hybridized carbons (Fsp3) is 0.160. The van der Waals surface area contributed by atoms with Gasteiger partial charge in [0, 0.05) is 10.9 Å². The van der Waals surface area contributed by atoms with E-state index in [1.54, 1.807) is 25.3 Å². The minimum atomic E-state index is -0.520. The van der Waals surface area contributed by atoms with Crippen LogP contribution in [-0.2, 0) is 4.79 Å². The predicted octanol–water partition coefficient (Wildman–Crippen LogP) is 4.80. The van der Waals surface area contributed by atoms with E-state index < -0.39 is 11.7 Å². The summed E-state index contributed by atoms with van der Waals surface area (Å²) in [6.07, 6.45) is 0.686. The Labute approximate surface area is 194 Å². The summed E-state index contributed by atoms with van der Waals surface area (Å²) in [5.74, 6) is -0.209. The van der Waals surface area contributed by atoms with Crippen molar-refractivity contribution in [3.63, 3.8) is 0 Å². The molecule has 1 atom stereocenters. The Kier molecular flexibility index (Phi) is 5.27. The number of Topliss-reactive ketones (excluding diaryl/α,β-unsaturated/α-hetero) is 1. The van der Waals surface area contributed by atoms with Gasteiger partial charge in [0.25, 0.3) is 5.78 Å². The van der Waals surface area contributed by atoms with Gasteiger partial charge in [-0.25, -0.2) is 0 Å². The van der Waals surface area contributed by atoms with E-state index in [0.29, 0.717) is 17.7 Å². The summed E-state index contributed by atoms with van der Waals surface area (Å²) in [6, 6.07) is 22.9. The maximum absolute atomic E-state index is 12.7. The maximum Gasteiger partial charge on any atom is 0.301 e. The normalized spacial score (nSPS) is 17.6. The van der Waals surface area contributed by atoms with Gasteiger partial charge in [-0.05, 0) is 59.7 Å². The molecule has 3 aromatic carbocycles. The monoisotopic (exact) mass is 489 g/mol. The van der Waals surface area contributed by atoms with E-state index in [-0.39, 0.29) is 12.7 Å². The predicted molar refractivity (Wildman–Crippen MR) is 126 cm³/mol. The second kappa shape index (κ2) is 8.24. The molecule has 0 bridgehead atoms. The van der Waals surface area contributed by atoms with Crippen LogP contribution in [0.4, 0.5) is 5.69 Å². The standard InChI is InChI=1S/C25H20BrN3O3/c1-32-19-12-8-16(9-13-19)21-14-23(17-6-10-18(26)11-7-17)29(27-21)15-28-22-5-3-2-4-20(22)24(30)25(28)31/h2-13,23H,14-15H2,1H3/t23-/m1/s1. The second-order valence-electron chi connectivity index (χ2n) is 7.71. The van der Waals surface area contributed by atoms with Crippen molar-refractivity contribution in [2.75, 3.05) is 18.7 Å². The topological polar surface area (TPSA) is 62.2 Å². The Morgan fingerprint density at radius 2 is 1.72 bits per heavy atom. The lowest BCUT2D eigenvalue weighted by molar-refractivity contribution is -0.114. The van der Waals surface area contributed by atoms with Gasteiger partial charge < -0.3 is 4.74 Å². The molecule has 5 rings (SSSR count). The number of anilines is 1. The summed E-state index contributed by atoms with van der Waals surface area (Å²) in [7, 11) is 1.64. The van der Waals surface area contributed by atoms with E-state index in [9.17, 15) is 9.59 Å². The number of para-hydroxylation sites is 1. The van der Waals surface area contributed by atoms with Gasteiger partial charge in [-0.2, -0.15) is 5.10 Å². The molecule has 0 saturated carbocycles. The molecule has 0 aromatic heterocycles. The highest BCUT2D eigenvalue weighted by Crippen LogP contribution is 2.36. The summed E-state index contributed by atoms with van der Waals surface area (Å²) in [5, 5.41) is 6.78. The SMILES string of the molecule is COc1ccc(C2=NN(CN3C(=O)C(=O)c4ccccc43)[C@@H](c3ccc(Br)cc3)C2)cc1. The highest BCUT2D eigenvalue weighted by Gasteiger charge is 2.39. The third-order valence-corrected chi connectivity index (χ3v) is 6.37. The number of hydrogen-bond acceptors (Lipinski definition) is 5. The zero-order chi connectivity index (χ0) is 22.2. The molecule has 1 amide bonds. The summed E-state index contributed by atoms with van der Waals surface area (Å²) in [4.78, 5) is 26.7. The van der Waals surface area contributed by atoms with Crippen LogP contribution in [0, 0.1) is 0 Å². The van der Waals surface area contributed by atoms with Crippen molar-refractivity contribution in [1.29, 1.82) is 0 Å². The number of hydrogen-bond donors (Lipinski definition) is 0. The van der Waals surface area contributed by atoms with Crippen molar-refractivity contribution in [2.45, 2.75) is 12.5 Å². The van der Waals surface area contributed by atoms with Crippen molar-refractivity contribution >= 4 is 39.0 Å². The Bertz CT molecular complexity index is 1220. The number of fused-ring (bicyclic) bond motifs is 1. The number of carbonyl (C=O) groups is 2. The van der Waals surface area contributed by atoms with Crippen molar-refractivity contribution in [1.82, 2.24) is 5.01 Å². The Hall–Kier alpha value is -3.45. The molecule has 0 saturated heterocycles. The smallest absolute Gasteiger partial charge is 0.301 e. The van der Waals surface area contributed by atoms with Gasteiger partial charge in [0.2, 0.25) is 0 Å². The molecule has 2 aliphatic heterocycles. The summed E-state index contributed by atoms with van der Waals surface area (Å²) in [6.45, 7) is 0.196. The van der Waals surface area contributed by atoms with Crippen LogP contribution in [0.25, 0.3) is 0 Å². The summed E-state index contributed by atoms with van der Waals surface area (Å²) < 4.78 is 6.26. The number of ketones is 1. The van der Waals surface area contributed by atoms with Crippen LogP contribution in [0.15, 0.2) is 82.4 Å². The number of ether oxygens (including phenoxy) is 1. The first kappa shape index (κ1) is 20.5. The third kappa shape index (κ3) is 3.58. The molecule has 2 aliphatic rings. The molecule has 0 N–H and O–H groups in total. The molecule has 160 valence electrons. The molecule has 7 heteroatoms. The number of rotatable bonds is 5. The van der Waals surface area contributed by atoms with Gasteiger partial charge in [-0.3, -0.25) is 19.5 Å². The fourth-order valence-corrected chi connectivity index (χ4v) is 4.42. The van der Waals surface area contributed by atoms with Crippen molar-refractivity contribution < 1.29 is 14.3 Å². The quantitative estimate of drug-likeness (QED) is 0.483.